The molecule has 1 aromatic carbocycles. The van der Waals surface area contributed by atoms with Crippen LogP contribution in [0.15, 0.2) is 34.9 Å². The van der Waals surface area contributed by atoms with Gasteiger partial charge in [0, 0.05) is 15.4 Å². The molecule has 0 spiro atoms. The van der Waals surface area contributed by atoms with Crippen LogP contribution in [0.25, 0.3) is 11.4 Å². The van der Waals surface area contributed by atoms with Gasteiger partial charge in [0.2, 0.25) is 5.82 Å². The van der Waals surface area contributed by atoms with Crippen LogP contribution in [0.3, 0.4) is 0 Å². The molecular formula is C14H13F2IN2O. The highest BCUT2D eigenvalue weighted by molar-refractivity contribution is 14.1. The van der Waals surface area contributed by atoms with Gasteiger partial charge in [-0.25, -0.2) is 0 Å². The van der Waals surface area contributed by atoms with Gasteiger partial charge in [-0.1, -0.05) is 64.5 Å². The van der Waals surface area contributed by atoms with Crippen LogP contribution in [-0.2, 0) is 5.92 Å². The number of benzene rings is 1. The van der Waals surface area contributed by atoms with Gasteiger partial charge in [-0.05, 0) is 12.8 Å². The number of rotatable bonds is 3. The van der Waals surface area contributed by atoms with Gasteiger partial charge in [0.05, 0.1) is 0 Å². The molecule has 1 aromatic heterocycles. The van der Waals surface area contributed by atoms with Crippen LogP contribution in [0, 0.1) is 5.92 Å². The molecule has 0 radical (unpaired) electrons. The van der Waals surface area contributed by atoms with Crippen molar-refractivity contribution in [3.05, 3.63) is 36.2 Å². The first-order valence-corrected chi connectivity index (χ1v) is 7.75. The zero-order chi connectivity index (χ0) is 14.2. The van der Waals surface area contributed by atoms with Gasteiger partial charge in [0.15, 0.2) is 0 Å². The first kappa shape index (κ1) is 13.9. The van der Waals surface area contributed by atoms with Crippen molar-refractivity contribution in [2.75, 3.05) is 0 Å². The zero-order valence-corrected chi connectivity index (χ0v) is 12.8. The van der Waals surface area contributed by atoms with Crippen molar-refractivity contribution in [1.82, 2.24) is 10.1 Å². The smallest absolute Gasteiger partial charge is 0.328 e. The van der Waals surface area contributed by atoms with Crippen LogP contribution in [-0.4, -0.2) is 14.1 Å². The monoisotopic (exact) mass is 390 g/mol. The third-order valence-electron chi connectivity index (χ3n) is 3.64. The Kier molecular flexibility index (Phi) is 3.74. The van der Waals surface area contributed by atoms with Crippen LogP contribution in [0.4, 0.5) is 8.78 Å². The predicted molar refractivity (Wildman–Crippen MR) is 78.8 cm³/mol. The summed E-state index contributed by atoms with van der Waals surface area (Å²) in [6.07, 6.45) is 2.15. The SMILES string of the molecule is FC(F)(c1nc(-c2ccccc2)no1)[C@@H]1CCC[C@H]1I. The fourth-order valence-corrected chi connectivity index (χ4v) is 3.80. The Morgan fingerprint density at radius 1 is 1.20 bits per heavy atom. The summed E-state index contributed by atoms with van der Waals surface area (Å²) in [5, 5.41) is 3.68. The first-order valence-electron chi connectivity index (χ1n) is 6.50. The van der Waals surface area contributed by atoms with Crippen LogP contribution in [0.1, 0.15) is 25.2 Å². The molecule has 1 saturated carbocycles. The molecule has 1 aliphatic rings. The van der Waals surface area contributed by atoms with Crippen LogP contribution < -0.4 is 0 Å². The standard InChI is InChI=1S/C14H13F2IN2O/c15-14(16,10-7-4-8-11(10)17)13-18-12(19-20-13)9-5-2-1-3-6-9/h1-3,5-6,10-11H,4,7-8H2/t10-,11-/m1/s1. The van der Waals surface area contributed by atoms with Crippen molar-refractivity contribution < 1.29 is 13.3 Å². The summed E-state index contributed by atoms with van der Waals surface area (Å²) in [6.45, 7) is 0. The van der Waals surface area contributed by atoms with Crippen molar-refractivity contribution in [2.24, 2.45) is 5.92 Å². The average molecular weight is 390 g/mol. The molecule has 106 valence electrons. The van der Waals surface area contributed by atoms with E-state index in [1.807, 2.05) is 6.07 Å². The molecule has 20 heavy (non-hydrogen) atoms. The fraction of sp³-hybridized carbons (Fsp3) is 0.429. The Balaban J connectivity index is 1.89. The Morgan fingerprint density at radius 2 is 1.95 bits per heavy atom. The van der Waals surface area contributed by atoms with E-state index in [4.69, 9.17) is 4.52 Å². The molecule has 2 atom stereocenters. The summed E-state index contributed by atoms with van der Waals surface area (Å²) < 4.78 is 33.7. The molecule has 0 aliphatic heterocycles. The van der Waals surface area contributed by atoms with E-state index in [9.17, 15) is 8.78 Å². The van der Waals surface area contributed by atoms with E-state index in [1.54, 1.807) is 24.3 Å². The van der Waals surface area contributed by atoms with Crippen molar-refractivity contribution >= 4 is 22.6 Å². The highest BCUT2D eigenvalue weighted by atomic mass is 127. The molecular weight excluding hydrogens is 377 g/mol. The largest absolute Gasteiger partial charge is 0.332 e. The molecule has 1 aliphatic carbocycles. The molecule has 0 N–H and O–H groups in total. The summed E-state index contributed by atoms with van der Waals surface area (Å²) >= 11 is 2.09. The third-order valence-corrected chi connectivity index (χ3v) is 5.13. The van der Waals surface area contributed by atoms with Crippen molar-refractivity contribution in [2.45, 2.75) is 29.1 Å². The van der Waals surface area contributed by atoms with Gasteiger partial charge in [-0.2, -0.15) is 13.8 Å². The summed E-state index contributed by atoms with van der Waals surface area (Å²) in [5.41, 5.74) is 0.677. The van der Waals surface area contributed by atoms with E-state index in [0.29, 0.717) is 12.0 Å². The Hall–Kier alpha value is -1.05. The molecule has 6 heteroatoms. The van der Waals surface area contributed by atoms with Crippen LogP contribution >= 0.6 is 22.6 Å². The zero-order valence-electron chi connectivity index (χ0n) is 10.6. The van der Waals surface area contributed by atoms with Gasteiger partial charge in [-0.15, -0.1) is 0 Å². The number of hydrogen-bond donors (Lipinski definition) is 0. The summed E-state index contributed by atoms with van der Waals surface area (Å²) in [6, 6.07) is 8.99. The van der Waals surface area contributed by atoms with Crippen LogP contribution in [0.2, 0.25) is 0 Å². The second-order valence-electron chi connectivity index (χ2n) is 4.97. The topological polar surface area (TPSA) is 38.9 Å². The summed E-state index contributed by atoms with van der Waals surface area (Å²) in [4.78, 5) is 3.90. The molecule has 0 bridgehead atoms. The molecule has 3 nitrogen and oxygen atoms in total. The quantitative estimate of drug-likeness (QED) is 0.575. The van der Waals surface area contributed by atoms with E-state index in [1.165, 1.54) is 0 Å². The number of hydrogen-bond acceptors (Lipinski definition) is 3. The van der Waals surface area contributed by atoms with Crippen molar-refractivity contribution in [3.63, 3.8) is 0 Å². The lowest BCUT2D eigenvalue weighted by molar-refractivity contribution is -0.0852. The number of alkyl halides is 3. The van der Waals surface area contributed by atoms with E-state index in [2.05, 4.69) is 32.7 Å². The average Bonchev–Trinajstić information content (AvgIpc) is 3.08. The van der Waals surface area contributed by atoms with Crippen molar-refractivity contribution in [1.29, 1.82) is 0 Å². The summed E-state index contributed by atoms with van der Waals surface area (Å²) in [5.74, 6) is -4.12. The molecule has 0 saturated heterocycles. The normalized spacial score (nSPS) is 23.1. The minimum Gasteiger partial charge on any atom is -0.332 e. The van der Waals surface area contributed by atoms with Gasteiger partial charge < -0.3 is 4.52 Å². The lowest BCUT2D eigenvalue weighted by Crippen LogP contribution is -2.29. The van der Waals surface area contributed by atoms with E-state index in [-0.39, 0.29) is 9.75 Å². The van der Waals surface area contributed by atoms with Gasteiger partial charge in [0.1, 0.15) is 0 Å². The number of nitrogens with zero attached hydrogens (tertiary/aromatic N) is 2. The Morgan fingerprint density at radius 3 is 2.60 bits per heavy atom. The van der Waals surface area contributed by atoms with E-state index < -0.39 is 17.7 Å². The first-order chi connectivity index (χ1) is 9.59. The maximum Gasteiger partial charge on any atom is 0.328 e. The molecule has 1 heterocycles. The lowest BCUT2D eigenvalue weighted by Gasteiger charge is -2.21. The minimum atomic E-state index is -3.05. The molecule has 2 aromatic rings. The second kappa shape index (κ2) is 5.38. The van der Waals surface area contributed by atoms with Gasteiger partial charge in [-0.3, -0.25) is 0 Å². The van der Waals surface area contributed by atoms with E-state index in [0.717, 1.165) is 12.8 Å². The van der Waals surface area contributed by atoms with Crippen LogP contribution in [0.5, 0.6) is 0 Å². The Labute approximate surface area is 128 Å². The second-order valence-corrected chi connectivity index (χ2v) is 6.57. The highest BCUT2D eigenvalue weighted by Crippen LogP contribution is 2.47. The maximum atomic E-state index is 14.4. The number of halogens is 3. The molecule has 0 unspecified atom stereocenters. The molecule has 3 rings (SSSR count). The lowest BCUT2D eigenvalue weighted by atomic mass is 10.00. The van der Waals surface area contributed by atoms with Gasteiger partial charge in [0.25, 0.3) is 5.89 Å². The fourth-order valence-electron chi connectivity index (χ4n) is 2.55. The predicted octanol–water partition coefficient (Wildman–Crippen LogP) is 4.43. The molecule has 1 fully saturated rings. The Bertz CT molecular complexity index is 588. The highest BCUT2D eigenvalue weighted by Gasteiger charge is 2.51. The minimum absolute atomic E-state index is 0.0466. The molecule has 0 amide bonds. The summed E-state index contributed by atoms with van der Waals surface area (Å²) in [7, 11) is 0. The van der Waals surface area contributed by atoms with E-state index >= 15 is 0 Å². The van der Waals surface area contributed by atoms with Gasteiger partial charge >= 0.3 is 5.92 Å². The maximum absolute atomic E-state index is 14.4. The third kappa shape index (κ3) is 2.45. The number of aromatic nitrogens is 2. The van der Waals surface area contributed by atoms with Crippen molar-refractivity contribution in [3.8, 4) is 11.4 Å².